The topological polar surface area (TPSA) is 32.3 Å². The van der Waals surface area contributed by atoms with Crippen molar-refractivity contribution >= 4 is 6.03 Å². The van der Waals surface area contributed by atoms with Crippen LogP contribution in [0.25, 0.3) is 0 Å². The van der Waals surface area contributed by atoms with E-state index in [-0.39, 0.29) is 6.03 Å². The third-order valence-electron chi connectivity index (χ3n) is 2.13. The molecule has 1 heterocycles. The van der Waals surface area contributed by atoms with Gasteiger partial charge in [-0.15, -0.1) is 0 Å². The number of amides is 2. The van der Waals surface area contributed by atoms with Crippen LogP contribution in [0, 0.1) is 0 Å². The maximum atomic E-state index is 11.1. The molecule has 0 aromatic carbocycles. The number of rotatable bonds is 3. The van der Waals surface area contributed by atoms with Gasteiger partial charge < -0.3 is 10.2 Å². The highest BCUT2D eigenvalue weighted by atomic mass is 16.2. The molecule has 0 radical (unpaired) electrons. The van der Waals surface area contributed by atoms with E-state index in [0.29, 0.717) is 6.04 Å². The average molecular weight is 156 g/mol. The van der Waals surface area contributed by atoms with Crippen LogP contribution in [0.3, 0.4) is 0 Å². The van der Waals surface area contributed by atoms with Crippen LogP contribution in [0.15, 0.2) is 0 Å². The van der Waals surface area contributed by atoms with E-state index in [2.05, 4.69) is 19.2 Å². The summed E-state index contributed by atoms with van der Waals surface area (Å²) < 4.78 is 0. The lowest BCUT2D eigenvalue weighted by molar-refractivity contribution is 0.199. The van der Waals surface area contributed by atoms with Crippen LogP contribution in [-0.2, 0) is 0 Å². The van der Waals surface area contributed by atoms with Gasteiger partial charge in [-0.2, -0.15) is 0 Å². The van der Waals surface area contributed by atoms with Crippen LogP contribution in [0.2, 0.25) is 0 Å². The molecule has 3 nitrogen and oxygen atoms in total. The molecule has 1 rings (SSSR count). The molecule has 1 fully saturated rings. The standard InChI is InChI=1S/C8H16N2O/c1-3-4-7(2)10-6-5-9-8(10)11/h7H,3-6H2,1-2H3,(H,9,11). The molecule has 1 saturated heterocycles. The lowest BCUT2D eigenvalue weighted by Crippen LogP contribution is -2.35. The highest BCUT2D eigenvalue weighted by Crippen LogP contribution is 2.08. The predicted octanol–water partition coefficient (Wildman–Crippen LogP) is 1.20. The molecule has 1 unspecified atom stereocenters. The monoisotopic (exact) mass is 156 g/mol. The molecule has 2 amide bonds. The van der Waals surface area contributed by atoms with E-state index in [1.807, 2.05) is 4.90 Å². The third kappa shape index (κ3) is 1.85. The molecule has 0 aromatic rings. The normalized spacial score (nSPS) is 20.2. The van der Waals surface area contributed by atoms with Gasteiger partial charge in [0.15, 0.2) is 0 Å². The molecule has 3 heteroatoms. The van der Waals surface area contributed by atoms with E-state index >= 15 is 0 Å². The first-order valence-corrected chi connectivity index (χ1v) is 4.30. The van der Waals surface area contributed by atoms with E-state index in [1.54, 1.807) is 0 Å². The first-order valence-electron chi connectivity index (χ1n) is 4.30. The Morgan fingerprint density at radius 3 is 2.91 bits per heavy atom. The van der Waals surface area contributed by atoms with Crippen molar-refractivity contribution in [3.8, 4) is 0 Å². The van der Waals surface area contributed by atoms with Crippen molar-refractivity contribution < 1.29 is 4.79 Å². The summed E-state index contributed by atoms with van der Waals surface area (Å²) in [7, 11) is 0. The quantitative estimate of drug-likeness (QED) is 0.654. The van der Waals surface area contributed by atoms with Gasteiger partial charge in [0.05, 0.1) is 0 Å². The Morgan fingerprint density at radius 1 is 1.73 bits per heavy atom. The van der Waals surface area contributed by atoms with Crippen LogP contribution in [0.4, 0.5) is 4.79 Å². The van der Waals surface area contributed by atoms with Gasteiger partial charge in [-0.3, -0.25) is 0 Å². The van der Waals surface area contributed by atoms with Gasteiger partial charge in [-0.05, 0) is 13.3 Å². The van der Waals surface area contributed by atoms with Crippen molar-refractivity contribution in [2.75, 3.05) is 13.1 Å². The van der Waals surface area contributed by atoms with Gasteiger partial charge in [-0.1, -0.05) is 13.3 Å². The highest BCUT2D eigenvalue weighted by molar-refractivity contribution is 5.76. The van der Waals surface area contributed by atoms with E-state index < -0.39 is 0 Å². The van der Waals surface area contributed by atoms with Crippen molar-refractivity contribution in [2.45, 2.75) is 32.7 Å². The first-order chi connectivity index (χ1) is 5.25. The summed E-state index contributed by atoms with van der Waals surface area (Å²) in [5.74, 6) is 0. The van der Waals surface area contributed by atoms with Gasteiger partial charge in [0.1, 0.15) is 0 Å². The maximum Gasteiger partial charge on any atom is 0.317 e. The van der Waals surface area contributed by atoms with E-state index in [9.17, 15) is 4.79 Å². The Balaban J connectivity index is 2.39. The Bertz CT molecular complexity index is 147. The molecule has 1 atom stereocenters. The second kappa shape index (κ2) is 3.60. The van der Waals surface area contributed by atoms with Crippen LogP contribution in [0.1, 0.15) is 26.7 Å². The molecule has 11 heavy (non-hydrogen) atoms. The molecule has 1 aliphatic heterocycles. The van der Waals surface area contributed by atoms with Crippen molar-refractivity contribution in [3.05, 3.63) is 0 Å². The fraction of sp³-hybridized carbons (Fsp3) is 0.875. The first kappa shape index (κ1) is 8.37. The number of nitrogens with one attached hydrogen (secondary N) is 1. The number of carbonyl (C=O) groups is 1. The summed E-state index contributed by atoms with van der Waals surface area (Å²) in [6.07, 6.45) is 2.25. The van der Waals surface area contributed by atoms with Crippen molar-refractivity contribution in [3.63, 3.8) is 0 Å². The molecule has 1 N–H and O–H groups in total. The smallest absolute Gasteiger partial charge is 0.317 e. The minimum Gasteiger partial charge on any atom is -0.336 e. The number of nitrogens with zero attached hydrogens (tertiary/aromatic N) is 1. The predicted molar refractivity (Wildman–Crippen MR) is 44.5 cm³/mol. The fourth-order valence-corrected chi connectivity index (χ4v) is 1.48. The zero-order chi connectivity index (χ0) is 8.27. The number of hydrogen-bond donors (Lipinski definition) is 1. The number of carbonyl (C=O) groups excluding carboxylic acids is 1. The molecule has 0 bridgehead atoms. The van der Waals surface area contributed by atoms with Crippen molar-refractivity contribution in [1.29, 1.82) is 0 Å². The van der Waals surface area contributed by atoms with E-state index in [0.717, 1.165) is 25.9 Å². The summed E-state index contributed by atoms with van der Waals surface area (Å²) >= 11 is 0. The van der Waals surface area contributed by atoms with Gasteiger partial charge >= 0.3 is 6.03 Å². The van der Waals surface area contributed by atoms with E-state index in [4.69, 9.17) is 0 Å². The summed E-state index contributed by atoms with van der Waals surface area (Å²) in [6.45, 7) is 5.94. The summed E-state index contributed by atoms with van der Waals surface area (Å²) in [5, 5.41) is 2.80. The summed E-state index contributed by atoms with van der Waals surface area (Å²) in [6, 6.07) is 0.508. The second-order valence-electron chi connectivity index (χ2n) is 3.06. The molecule has 0 saturated carbocycles. The number of urea groups is 1. The maximum absolute atomic E-state index is 11.1. The van der Waals surface area contributed by atoms with E-state index in [1.165, 1.54) is 0 Å². The van der Waals surface area contributed by atoms with Crippen LogP contribution >= 0.6 is 0 Å². The molecule has 0 aliphatic carbocycles. The van der Waals surface area contributed by atoms with Crippen LogP contribution in [0.5, 0.6) is 0 Å². The van der Waals surface area contributed by atoms with Crippen molar-refractivity contribution in [2.24, 2.45) is 0 Å². The summed E-state index contributed by atoms with van der Waals surface area (Å²) in [5.41, 5.74) is 0. The largest absolute Gasteiger partial charge is 0.336 e. The SMILES string of the molecule is CCCC(C)N1CCNC1=O. The van der Waals surface area contributed by atoms with Gasteiger partial charge in [0.25, 0.3) is 0 Å². The zero-order valence-corrected chi connectivity index (χ0v) is 7.26. The average Bonchev–Trinajstić information content (AvgIpc) is 2.36. The van der Waals surface area contributed by atoms with Crippen LogP contribution < -0.4 is 5.32 Å². The minimum atomic E-state index is 0.103. The Kier molecular flexibility index (Phi) is 2.74. The molecular weight excluding hydrogens is 140 g/mol. The minimum absolute atomic E-state index is 0.103. The van der Waals surface area contributed by atoms with Gasteiger partial charge in [0.2, 0.25) is 0 Å². The molecule has 64 valence electrons. The third-order valence-corrected chi connectivity index (χ3v) is 2.13. The fourth-order valence-electron chi connectivity index (χ4n) is 1.48. The summed E-state index contributed by atoms with van der Waals surface area (Å²) in [4.78, 5) is 13.0. The lowest BCUT2D eigenvalue weighted by atomic mass is 10.2. The van der Waals surface area contributed by atoms with Crippen molar-refractivity contribution in [1.82, 2.24) is 10.2 Å². The van der Waals surface area contributed by atoms with Gasteiger partial charge in [0, 0.05) is 19.1 Å². The van der Waals surface area contributed by atoms with Crippen LogP contribution in [-0.4, -0.2) is 30.1 Å². The molecule has 1 aliphatic rings. The lowest BCUT2D eigenvalue weighted by Gasteiger charge is -2.21. The second-order valence-corrected chi connectivity index (χ2v) is 3.06. The Labute approximate surface area is 67.8 Å². The molecular formula is C8H16N2O. The molecule has 0 spiro atoms. The zero-order valence-electron chi connectivity index (χ0n) is 7.26. The Morgan fingerprint density at radius 2 is 2.45 bits per heavy atom. The Hall–Kier alpha value is -0.730. The van der Waals surface area contributed by atoms with Gasteiger partial charge in [-0.25, -0.2) is 4.79 Å². The highest BCUT2D eigenvalue weighted by Gasteiger charge is 2.23. The molecule has 0 aromatic heterocycles. The number of hydrogen-bond acceptors (Lipinski definition) is 1.